The fourth-order valence-electron chi connectivity index (χ4n) is 4.49. The number of piperidine rings is 1. The van der Waals surface area contributed by atoms with Crippen LogP contribution in [0.4, 0.5) is 5.82 Å². The van der Waals surface area contributed by atoms with Crippen molar-refractivity contribution in [2.24, 2.45) is 0 Å². The molecular formula is C22H29N3O3. The fourth-order valence-corrected chi connectivity index (χ4v) is 4.49. The van der Waals surface area contributed by atoms with Crippen molar-refractivity contribution in [3.63, 3.8) is 0 Å². The SMILES string of the molecule is CCc1cnc(C)nc1N1CCC2(CC1)OCCc1cc(OC)c(OC)cc12. The van der Waals surface area contributed by atoms with E-state index in [-0.39, 0.29) is 5.60 Å². The summed E-state index contributed by atoms with van der Waals surface area (Å²) in [6, 6.07) is 4.24. The van der Waals surface area contributed by atoms with E-state index in [1.807, 2.05) is 13.1 Å². The number of ether oxygens (including phenoxy) is 3. The second-order valence-corrected chi connectivity index (χ2v) is 7.56. The van der Waals surface area contributed by atoms with Crippen LogP contribution in [-0.2, 0) is 23.2 Å². The first kappa shape index (κ1) is 19.0. The Bertz CT molecular complexity index is 860. The molecule has 4 rings (SSSR count). The van der Waals surface area contributed by atoms with E-state index in [1.165, 1.54) is 16.7 Å². The van der Waals surface area contributed by atoms with Crippen LogP contribution in [0.5, 0.6) is 11.5 Å². The van der Waals surface area contributed by atoms with Crippen LogP contribution in [0, 0.1) is 6.92 Å². The van der Waals surface area contributed by atoms with E-state index in [0.717, 1.165) is 68.5 Å². The first-order valence-corrected chi connectivity index (χ1v) is 10.1. The molecule has 6 nitrogen and oxygen atoms in total. The Morgan fingerprint density at radius 3 is 2.54 bits per heavy atom. The predicted octanol–water partition coefficient (Wildman–Crippen LogP) is 3.43. The zero-order chi connectivity index (χ0) is 19.7. The van der Waals surface area contributed by atoms with Crippen molar-refractivity contribution in [2.75, 3.05) is 38.8 Å². The molecule has 6 heteroatoms. The van der Waals surface area contributed by atoms with Crippen LogP contribution in [0.15, 0.2) is 18.3 Å². The molecule has 1 fully saturated rings. The van der Waals surface area contributed by atoms with E-state index < -0.39 is 0 Å². The highest BCUT2D eigenvalue weighted by Crippen LogP contribution is 2.45. The average molecular weight is 383 g/mol. The van der Waals surface area contributed by atoms with Gasteiger partial charge in [-0.3, -0.25) is 0 Å². The highest BCUT2D eigenvalue weighted by Gasteiger charge is 2.42. The monoisotopic (exact) mass is 383 g/mol. The third kappa shape index (κ3) is 3.20. The van der Waals surface area contributed by atoms with Gasteiger partial charge in [0.05, 0.1) is 26.4 Å². The zero-order valence-electron chi connectivity index (χ0n) is 17.2. The fraction of sp³-hybridized carbons (Fsp3) is 0.545. The minimum absolute atomic E-state index is 0.252. The van der Waals surface area contributed by atoms with Gasteiger partial charge in [0.2, 0.25) is 0 Å². The van der Waals surface area contributed by atoms with Crippen molar-refractivity contribution in [1.82, 2.24) is 9.97 Å². The Labute approximate surface area is 166 Å². The Hall–Kier alpha value is -2.34. The van der Waals surface area contributed by atoms with E-state index in [4.69, 9.17) is 19.2 Å². The number of hydrogen-bond donors (Lipinski definition) is 0. The molecule has 0 radical (unpaired) electrons. The summed E-state index contributed by atoms with van der Waals surface area (Å²) in [4.78, 5) is 11.5. The number of aromatic nitrogens is 2. The van der Waals surface area contributed by atoms with E-state index in [0.29, 0.717) is 0 Å². The van der Waals surface area contributed by atoms with Gasteiger partial charge in [-0.25, -0.2) is 9.97 Å². The highest BCUT2D eigenvalue weighted by molar-refractivity contribution is 5.52. The van der Waals surface area contributed by atoms with Gasteiger partial charge in [-0.2, -0.15) is 0 Å². The van der Waals surface area contributed by atoms with Crippen molar-refractivity contribution in [3.05, 3.63) is 40.8 Å². The van der Waals surface area contributed by atoms with E-state index >= 15 is 0 Å². The lowest BCUT2D eigenvalue weighted by molar-refractivity contribution is -0.0768. The largest absolute Gasteiger partial charge is 0.493 e. The molecule has 0 bridgehead atoms. The van der Waals surface area contributed by atoms with Gasteiger partial charge < -0.3 is 19.1 Å². The van der Waals surface area contributed by atoms with Crippen LogP contribution in [0.25, 0.3) is 0 Å². The van der Waals surface area contributed by atoms with Crippen molar-refractivity contribution < 1.29 is 14.2 Å². The van der Waals surface area contributed by atoms with E-state index in [1.54, 1.807) is 14.2 Å². The van der Waals surface area contributed by atoms with Crippen LogP contribution in [-0.4, -0.2) is 43.9 Å². The number of aryl methyl sites for hydroxylation is 2. The number of rotatable bonds is 4. The number of fused-ring (bicyclic) bond motifs is 2. The van der Waals surface area contributed by atoms with Crippen molar-refractivity contribution >= 4 is 5.82 Å². The van der Waals surface area contributed by atoms with Gasteiger partial charge in [0.25, 0.3) is 0 Å². The molecule has 150 valence electrons. The van der Waals surface area contributed by atoms with Crippen LogP contribution < -0.4 is 14.4 Å². The summed E-state index contributed by atoms with van der Waals surface area (Å²) in [7, 11) is 3.37. The predicted molar refractivity (Wildman–Crippen MR) is 108 cm³/mol. The van der Waals surface area contributed by atoms with Crippen molar-refractivity contribution in [1.29, 1.82) is 0 Å². The second-order valence-electron chi connectivity index (χ2n) is 7.56. The molecule has 2 aromatic rings. The molecule has 0 N–H and O–H groups in total. The Morgan fingerprint density at radius 1 is 1.14 bits per heavy atom. The summed E-state index contributed by atoms with van der Waals surface area (Å²) >= 11 is 0. The molecule has 1 saturated heterocycles. The van der Waals surface area contributed by atoms with Crippen molar-refractivity contribution in [2.45, 2.75) is 45.1 Å². The van der Waals surface area contributed by atoms with E-state index in [2.05, 4.69) is 28.9 Å². The number of methoxy groups -OCH3 is 2. The standard InChI is InChI=1S/C22H29N3O3/c1-5-16-14-23-15(2)24-21(16)25-9-7-22(8-10-25)18-13-20(27-4)19(26-3)12-17(18)6-11-28-22/h12-14H,5-11H2,1-4H3. The summed E-state index contributed by atoms with van der Waals surface area (Å²) in [6.07, 6.45) is 5.68. The lowest BCUT2D eigenvalue weighted by atomic mass is 9.79. The normalized spacial score (nSPS) is 18.1. The van der Waals surface area contributed by atoms with E-state index in [9.17, 15) is 0 Å². The molecule has 3 heterocycles. The minimum atomic E-state index is -0.252. The molecule has 0 unspecified atom stereocenters. The maximum absolute atomic E-state index is 6.41. The van der Waals surface area contributed by atoms with Gasteiger partial charge in [-0.15, -0.1) is 0 Å². The van der Waals surface area contributed by atoms with Gasteiger partial charge in [0.15, 0.2) is 11.5 Å². The quantitative estimate of drug-likeness (QED) is 0.806. The lowest BCUT2D eigenvalue weighted by Crippen LogP contribution is -2.47. The molecule has 0 amide bonds. The third-order valence-electron chi connectivity index (χ3n) is 6.06. The molecule has 1 aromatic heterocycles. The van der Waals surface area contributed by atoms with Crippen LogP contribution >= 0.6 is 0 Å². The summed E-state index contributed by atoms with van der Waals surface area (Å²) < 4.78 is 17.5. The summed E-state index contributed by atoms with van der Waals surface area (Å²) in [5.41, 5.74) is 3.52. The molecule has 1 spiro atoms. The average Bonchev–Trinajstić information content (AvgIpc) is 2.73. The molecule has 2 aliphatic heterocycles. The number of hydrogen-bond acceptors (Lipinski definition) is 6. The van der Waals surface area contributed by atoms with Gasteiger partial charge in [-0.05, 0) is 55.9 Å². The number of nitrogens with zero attached hydrogens (tertiary/aromatic N) is 3. The van der Waals surface area contributed by atoms with Gasteiger partial charge in [-0.1, -0.05) is 6.92 Å². The number of benzene rings is 1. The van der Waals surface area contributed by atoms with Crippen molar-refractivity contribution in [3.8, 4) is 11.5 Å². The van der Waals surface area contributed by atoms with Gasteiger partial charge in [0, 0.05) is 24.8 Å². The first-order valence-electron chi connectivity index (χ1n) is 10.1. The summed E-state index contributed by atoms with van der Waals surface area (Å²) in [5, 5.41) is 0. The third-order valence-corrected chi connectivity index (χ3v) is 6.06. The second kappa shape index (κ2) is 7.59. The first-order chi connectivity index (χ1) is 13.6. The molecule has 0 aliphatic carbocycles. The molecular weight excluding hydrogens is 354 g/mol. The Balaban J connectivity index is 1.63. The van der Waals surface area contributed by atoms with Crippen LogP contribution in [0.1, 0.15) is 42.3 Å². The smallest absolute Gasteiger partial charge is 0.161 e. The van der Waals surface area contributed by atoms with Crippen LogP contribution in [0.3, 0.4) is 0 Å². The molecule has 0 saturated carbocycles. The maximum Gasteiger partial charge on any atom is 0.161 e. The minimum Gasteiger partial charge on any atom is -0.493 e. The molecule has 2 aliphatic rings. The van der Waals surface area contributed by atoms with Gasteiger partial charge in [0.1, 0.15) is 11.6 Å². The Kier molecular flexibility index (Phi) is 5.15. The molecule has 0 atom stereocenters. The topological polar surface area (TPSA) is 56.7 Å². The zero-order valence-corrected chi connectivity index (χ0v) is 17.2. The van der Waals surface area contributed by atoms with Crippen LogP contribution in [0.2, 0.25) is 0 Å². The Morgan fingerprint density at radius 2 is 1.86 bits per heavy atom. The number of anilines is 1. The maximum atomic E-state index is 6.41. The van der Waals surface area contributed by atoms with Gasteiger partial charge >= 0.3 is 0 Å². The summed E-state index contributed by atoms with van der Waals surface area (Å²) in [5.74, 6) is 3.46. The summed E-state index contributed by atoms with van der Waals surface area (Å²) in [6.45, 7) is 6.68. The molecule has 1 aromatic carbocycles. The highest BCUT2D eigenvalue weighted by atomic mass is 16.5. The molecule has 28 heavy (non-hydrogen) atoms. The lowest BCUT2D eigenvalue weighted by Gasteiger charge is -2.45.